The zero-order valence-corrected chi connectivity index (χ0v) is 19.3. The Hall–Kier alpha value is -3.85. The van der Waals surface area contributed by atoms with Crippen LogP contribution in [0.4, 0.5) is 10.1 Å². The van der Waals surface area contributed by atoms with Crippen molar-refractivity contribution in [1.29, 1.82) is 0 Å². The Kier molecular flexibility index (Phi) is 5.93. The van der Waals surface area contributed by atoms with Crippen molar-refractivity contribution >= 4 is 11.6 Å². The van der Waals surface area contributed by atoms with Gasteiger partial charge in [0.2, 0.25) is 5.91 Å². The molecule has 0 radical (unpaired) electrons. The monoisotopic (exact) mass is 454 g/mol. The highest BCUT2D eigenvalue weighted by molar-refractivity contribution is 5.73. The van der Waals surface area contributed by atoms with Gasteiger partial charge in [0.05, 0.1) is 17.4 Å². The number of benzene rings is 1. The maximum absolute atomic E-state index is 13.4. The van der Waals surface area contributed by atoms with E-state index in [2.05, 4.69) is 40.6 Å². The maximum atomic E-state index is 13.4. The number of nitrogens with zero attached hydrogens (tertiary/aromatic N) is 2. The SMILES string of the molecule is CC(=O)NC(C#Cc1ccncc1)C[C@H]1CCC2=C1[C@@H](C)C1=CNN(c3ccc(F)cc3)C1=C2. The molecule has 1 amide bonds. The second kappa shape index (κ2) is 9.18. The number of rotatable bonds is 4. The number of allylic oxidation sites excluding steroid dienone is 4. The molecule has 2 aliphatic carbocycles. The van der Waals surface area contributed by atoms with Crippen LogP contribution in [0, 0.1) is 29.5 Å². The number of carbonyl (C=O) groups excluding carboxylic acids is 1. The molecule has 0 bridgehead atoms. The lowest BCUT2D eigenvalue weighted by molar-refractivity contribution is -0.119. The van der Waals surface area contributed by atoms with Crippen LogP contribution in [0.1, 0.15) is 38.7 Å². The van der Waals surface area contributed by atoms with Crippen molar-refractivity contribution in [3.05, 3.63) is 94.9 Å². The van der Waals surface area contributed by atoms with Gasteiger partial charge >= 0.3 is 0 Å². The first-order valence-electron chi connectivity index (χ1n) is 11.6. The molecule has 6 heteroatoms. The molecule has 1 aliphatic heterocycles. The molecule has 3 atom stereocenters. The van der Waals surface area contributed by atoms with E-state index in [1.54, 1.807) is 24.5 Å². The van der Waals surface area contributed by atoms with Gasteiger partial charge in [0.15, 0.2) is 0 Å². The van der Waals surface area contributed by atoms with Gasteiger partial charge in [-0.15, -0.1) is 0 Å². The first-order valence-corrected chi connectivity index (χ1v) is 11.6. The number of amides is 1. The Balaban J connectivity index is 1.39. The summed E-state index contributed by atoms with van der Waals surface area (Å²) in [4.78, 5) is 15.9. The zero-order chi connectivity index (χ0) is 23.7. The number of nitrogens with one attached hydrogen (secondary N) is 2. The molecule has 0 spiro atoms. The van der Waals surface area contributed by atoms with E-state index >= 15 is 0 Å². The van der Waals surface area contributed by atoms with E-state index in [-0.39, 0.29) is 23.7 Å². The molecule has 3 aliphatic rings. The number of aromatic nitrogens is 1. The smallest absolute Gasteiger partial charge is 0.217 e. The fourth-order valence-electron chi connectivity index (χ4n) is 5.25. The topological polar surface area (TPSA) is 57.3 Å². The Morgan fingerprint density at radius 3 is 2.76 bits per heavy atom. The van der Waals surface area contributed by atoms with Gasteiger partial charge in [-0.2, -0.15) is 0 Å². The van der Waals surface area contributed by atoms with Crippen LogP contribution in [0.15, 0.2) is 83.5 Å². The molecule has 172 valence electrons. The molecule has 5 rings (SSSR count). The van der Waals surface area contributed by atoms with Crippen LogP contribution < -0.4 is 15.8 Å². The number of hydrogen-bond acceptors (Lipinski definition) is 4. The average Bonchev–Trinajstić information content (AvgIpc) is 3.43. The minimum Gasteiger partial charge on any atom is -0.343 e. The van der Waals surface area contributed by atoms with E-state index < -0.39 is 0 Å². The van der Waals surface area contributed by atoms with E-state index in [0.29, 0.717) is 5.92 Å². The quantitative estimate of drug-likeness (QED) is 0.662. The molecule has 1 unspecified atom stereocenters. The van der Waals surface area contributed by atoms with Crippen molar-refractivity contribution in [3.63, 3.8) is 0 Å². The molecule has 34 heavy (non-hydrogen) atoms. The lowest BCUT2D eigenvalue weighted by Gasteiger charge is -2.30. The molecule has 1 aromatic carbocycles. The molecule has 2 aromatic rings. The highest BCUT2D eigenvalue weighted by atomic mass is 19.1. The summed E-state index contributed by atoms with van der Waals surface area (Å²) >= 11 is 0. The van der Waals surface area contributed by atoms with E-state index in [9.17, 15) is 9.18 Å². The zero-order valence-electron chi connectivity index (χ0n) is 19.3. The van der Waals surface area contributed by atoms with Crippen LogP contribution in [0.2, 0.25) is 0 Å². The number of anilines is 1. The molecule has 0 saturated carbocycles. The van der Waals surface area contributed by atoms with E-state index in [1.165, 1.54) is 35.8 Å². The summed E-state index contributed by atoms with van der Waals surface area (Å²) in [7, 11) is 0. The summed E-state index contributed by atoms with van der Waals surface area (Å²) in [5.74, 6) is 6.75. The van der Waals surface area contributed by atoms with Crippen molar-refractivity contribution in [1.82, 2.24) is 15.7 Å². The Morgan fingerprint density at radius 2 is 2.03 bits per heavy atom. The molecule has 0 saturated heterocycles. The van der Waals surface area contributed by atoms with Gasteiger partial charge in [0, 0.05) is 42.6 Å². The predicted octanol–water partition coefficient (Wildman–Crippen LogP) is 4.62. The van der Waals surface area contributed by atoms with Crippen molar-refractivity contribution in [2.24, 2.45) is 11.8 Å². The lowest BCUT2D eigenvalue weighted by Crippen LogP contribution is -2.34. The maximum Gasteiger partial charge on any atom is 0.217 e. The van der Waals surface area contributed by atoms with Gasteiger partial charge in [-0.25, -0.2) is 4.39 Å². The normalized spacial score (nSPS) is 21.4. The van der Waals surface area contributed by atoms with Gasteiger partial charge in [-0.3, -0.25) is 14.8 Å². The molecule has 2 N–H and O–H groups in total. The molecule has 1 aromatic heterocycles. The van der Waals surface area contributed by atoms with E-state index in [1.807, 2.05) is 23.3 Å². The molecule has 2 heterocycles. The number of hydrazine groups is 1. The van der Waals surface area contributed by atoms with Crippen LogP contribution >= 0.6 is 0 Å². The standard InChI is InChI=1S/C28H27FN4O/c1-18-26-17-31-33(25-9-6-23(29)7-10-25)27(26)16-22-5-4-21(28(18)22)15-24(32-19(2)34)8-3-20-11-13-30-14-12-20/h6-7,9-14,16-18,21,24,31H,4-5,15H2,1-2H3,(H,32,34)/t18-,21+,24?/m0/s1. The third-order valence-electron chi connectivity index (χ3n) is 6.76. The summed E-state index contributed by atoms with van der Waals surface area (Å²) in [6, 6.07) is 10.1. The molecular formula is C28H27FN4O. The molecule has 0 fully saturated rings. The molecule has 5 nitrogen and oxygen atoms in total. The van der Waals surface area contributed by atoms with E-state index in [0.717, 1.165) is 36.2 Å². The highest BCUT2D eigenvalue weighted by Crippen LogP contribution is 2.48. The Labute approximate surface area is 199 Å². The van der Waals surface area contributed by atoms with Crippen molar-refractivity contribution < 1.29 is 9.18 Å². The number of hydrogen-bond donors (Lipinski definition) is 2. The van der Waals surface area contributed by atoms with Gasteiger partial charge in [0.25, 0.3) is 0 Å². The van der Waals surface area contributed by atoms with E-state index in [4.69, 9.17) is 0 Å². The van der Waals surface area contributed by atoms with Crippen LogP contribution in [-0.4, -0.2) is 16.9 Å². The van der Waals surface area contributed by atoms with Gasteiger partial charge in [-0.05, 0) is 73.2 Å². The summed E-state index contributed by atoms with van der Waals surface area (Å²) in [6.07, 6.45) is 10.6. The Bertz CT molecular complexity index is 1250. The lowest BCUT2D eigenvalue weighted by atomic mass is 9.78. The van der Waals surface area contributed by atoms with Gasteiger partial charge < -0.3 is 10.7 Å². The first-order chi connectivity index (χ1) is 16.5. The fourth-order valence-corrected chi connectivity index (χ4v) is 5.25. The number of carbonyl (C=O) groups is 1. The average molecular weight is 455 g/mol. The van der Waals surface area contributed by atoms with Crippen molar-refractivity contribution in [2.75, 3.05) is 5.01 Å². The van der Waals surface area contributed by atoms with Crippen molar-refractivity contribution in [2.45, 2.75) is 39.2 Å². The largest absolute Gasteiger partial charge is 0.343 e. The number of fused-ring (bicyclic) bond motifs is 1. The fraction of sp³-hybridized carbons (Fsp3) is 0.286. The van der Waals surface area contributed by atoms with Crippen LogP contribution in [0.25, 0.3) is 0 Å². The summed E-state index contributed by atoms with van der Waals surface area (Å²) < 4.78 is 13.4. The van der Waals surface area contributed by atoms with Gasteiger partial charge in [0.1, 0.15) is 5.82 Å². The van der Waals surface area contributed by atoms with Crippen LogP contribution in [-0.2, 0) is 4.79 Å². The molecular weight excluding hydrogens is 427 g/mol. The first kappa shape index (κ1) is 22.0. The van der Waals surface area contributed by atoms with Gasteiger partial charge in [-0.1, -0.05) is 24.3 Å². The third kappa shape index (κ3) is 4.34. The highest BCUT2D eigenvalue weighted by Gasteiger charge is 2.38. The minimum absolute atomic E-state index is 0.0715. The Morgan fingerprint density at radius 1 is 1.26 bits per heavy atom. The minimum atomic E-state index is -0.244. The second-order valence-electron chi connectivity index (χ2n) is 9.00. The summed E-state index contributed by atoms with van der Waals surface area (Å²) in [6.45, 7) is 3.79. The van der Waals surface area contributed by atoms with Crippen LogP contribution in [0.5, 0.6) is 0 Å². The summed E-state index contributed by atoms with van der Waals surface area (Å²) in [5.41, 5.74) is 10.3. The second-order valence-corrected chi connectivity index (χ2v) is 9.00. The van der Waals surface area contributed by atoms with Crippen LogP contribution in [0.3, 0.4) is 0 Å². The number of pyridine rings is 1. The predicted molar refractivity (Wildman–Crippen MR) is 130 cm³/mol. The third-order valence-corrected chi connectivity index (χ3v) is 6.76. The summed E-state index contributed by atoms with van der Waals surface area (Å²) in [5, 5.41) is 5.05. The van der Waals surface area contributed by atoms with Crippen molar-refractivity contribution in [3.8, 4) is 11.8 Å². The number of halogens is 1.